The van der Waals surface area contributed by atoms with E-state index in [0.717, 1.165) is 17.1 Å². The molecule has 0 aromatic carbocycles. The van der Waals surface area contributed by atoms with Crippen molar-refractivity contribution in [3.05, 3.63) is 0 Å². The molecule has 5 nitrogen and oxygen atoms in total. The lowest BCUT2D eigenvalue weighted by Gasteiger charge is -2.23. The number of likely N-dealkylation sites (N-methyl/N-ethyl adjacent to an activating group) is 1. The Kier molecular flexibility index (Phi) is 3.52. The molecule has 1 N–H and O–H groups in total. The number of aliphatic hydroxyl groups excluding tert-OH is 1. The first-order valence-corrected chi connectivity index (χ1v) is 6.07. The van der Waals surface area contributed by atoms with Crippen molar-refractivity contribution in [2.75, 3.05) is 27.7 Å². The zero-order chi connectivity index (χ0) is 10.9. The third-order valence-corrected chi connectivity index (χ3v) is 4.33. The second kappa shape index (κ2) is 4.14. The normalized spacial score (nSPS) is 20.4. The lowest BCUT2D eigenvalue weighted by molar-refractivity contribution is 0.129. The van der Waals surface area contributed by atoms with Crippen LogP contribution in [0.25, 0.3) is 0 Å². The largest absolute Gasteiger partial charge is 0.391 e. The third kappa shape index (κ3) is 2.66. The standard InChI is InChI=1S/C8H18N2O3S/c1-9(2)14(12,13)10(3)6-8(11)7-4-5-7/h7-8,11H,4-6H2,1-3H3. The van der Waals surface area contributed by atoms with Gasteiger partial charge in [-0.1, -0.05) is 0 Å². The fraction of sp³-hybridized carbons (Fsp3) is 1.00. The van der Waals surface area contributed by atoms with Crippen LogP contribution in [0.3, 0.4) is 0 Å². The van der Waals surface area contributed by atoms with Gasteiger partial charge in [-0.2, -0.15) is 17.0 Å². The van der Waals surface area contributed by atoms with Crippen LogP contribution in [0.2, 0.25) is 0 Å². The van der Waals surface area contributed by atoms with E-state index in [1.807, 2.05) is 0 Å². The summed E-state index contributed by atoms with van der Waals surface area (Å²) in [5.74, 6) is 0.301. The minimum atomic E-state index is -3.37. The maximum atomic E-state index is 11.5. The summed E-state index contributed by atoms with van der Waals surface area (Å²) in [5, 5.41) is 9.58. The van der Waals surface area contributed by atoms with Gasteiger partial charge in [0.05, 0.1) is 6.10 Å². The fourth-order valence-corrected chi connectivity index (χ4v) is 2.17. The summed E-state index contributed by atoms with van der Waals surface area (Å²) in [7, 11) is 1.08. The second-order valence-electron chi connectivity index (χ2n) is 3.98. The summed E-state index contributed by atoms with van der Waals surface area (Å²) in [4.78, 5) is 0. The van der Waals surface area contributed by atoms with E-state index in [4.69, 9.17) is 0 Å². The van der Waals surface area contributed by atoms with E-state index in [1.165, 1.54) is 25.4 Å². The van der Waals surface area contributed by atoms with Gasteiger partial charge < -0.3 is 5.11 Å². The van der Waals surface area contributed by atoms with E-state index in [-0.39, 0.29) is 6.54 Å². The van der Waals surface area contributed by atoms with Crippen LogP contribution >= 0.6 is 0 Å². The van der Waals surface area contributed by atoms with Crippen molar-refractivity contribution in [3.63, 3.8) is 0 Å². The van der Waals surface area contributed by atoms with Gasteiger partial charge in [-0.15, -0.1) is 0 Å². The molecule has 1 aliphatic rings. The Morgan fingerprint density at radius 3 is 2.21 bits per heavy atom. The summed E-state index contributed by atoms with van der Waals surface area (Å²) in [6.45, 7) is 0.186. The summed E-state index contributed by atoms with van der Waals surface area (Å²) in [6, 6.07) is 0. The average Bonchev–Trinajstić information content (AvgIpc) is 2.85. The van der Waals surface area contributed by atoms with Gasteiger partial charge in [0, 0.05) is 27.7 Å². The van der Waals surface area contributed by atoms with Gasteiger partial charge >= 0.3 is 0 Å². The third-order valence-electron chi connectivity index (χ3n) is 2.47. The van der Waals surface area contributed by atoms with Crippen molar-refractivity contribution in [2.24, 2.45) is 5.92 Å². The van der Waals surface area contributed by atoms with Crippen LogP contribution in [0.15, 0.2) is 0 Å². The van der Waals surface area contributed by atoms with E-state index in [2.05, 4.69) is 0 Å². The van der Waals surface area contributed by atoms with Gasteiger partial charge in [-0.05, 0) is 18.8 Å². The molecule has 0 aromatic rings. The Morgan fingerprint density at radius 1 is 1.36 bits per heavy atom. The second-order valence-corrected chi connectivity index (χ2v) is 6.22. The first kappa shape index (κ1) is 11.9. The molecule has 0 spiro atoms. The SMILES string of the molecule is CN(C)S(=O)(=O)N(C)CC(O)C1CC1. The van der Waals surface area contributed by atoms with Crippen molar-refractivity contribution in [3.8, 4) is 0 Å². The van der Waals surface area contributed by atoms with Crippen molar-refractivity contribution < 1.29 is 13.5 Å². The maximum absolute atomic E-state index is 11.5. The molecule has 0 aromatic heterocycles. The molecular formula is C8H18N2O3S. The first-order valence-electron chi connectivity index (χ1n) is 4.67. The van der Waals surface area contributed by atoms with Gasteiger partial charge in [0.25, 0.3) is 10.2 Å². The molecule has 1 aliphatic carbocycles. The Labute approximate surface area is 85.5 Å². The highest BCUT2D eigenvalue weighted by Gasteiger charge is 2.33. The van der Waals surface area contributed by atoms with Crippen LogP contribution in [0.5, 0.6) is 0 Å². The fourth-order valence-electron chi connectivity index (χ4n) is 1.27. The van der Waals surface area contributed by atoms with Gasteiger partial charge in [0.2, 0.25) is 0 Å². The first-order chi connectivity index (χ1) is 6.35. The number of hydrogen-bond donors (Lipinski definition) is 1. The van der Waals surface area contributed by atoms with Crippen LogP contribution in [-0.2, 0) is 10.2 Å². The summed E-state index contributed by atoms with van der Waals surface area (Å²) < 4.78 is 25.4. The highest BCUT2D eigenvalue weighted by atomic mass is 32.2. The molecule has 0 bridgehead atoms. The van der Waals surface area contributed by atoms with Crippen molar-refractivity contribution in [2.45, 2.75) is 18.9 Å². The molecule has 1 saturated carbocycles. The lowest BCUT2D eigenvalue weighted by atomic mass is 10.2. The Morgan fingerprint density at radius 2 is 1.86 bits per heavy atom. The van der Waals surface area contributed by atoms with Gasteiger partial charge in [-0.25, -0.2) is 0 Å². The van der Waals surface area contributed by atoms with Crippen molar-refractivity contribution in [1.82, 2.24) is 8.61 Å². The molecule has 6 heteroatoms. The molecule has 0 saturated heterocycles. The van der Waals surface area contributed by atoms with Crippen molar-refractivity contribution in [1.29, 1.82) is 0 Å². The molecule has 0 amide bonds. The number of aliphatic hydroxyl groups is 1. The molecule has 0 aliphatic heterocycles. The van der Waals surface area contributed by atoms with Crippen LogP contribution in [0.4, 0.5) is 0 Å². The highest BCUT2D eigenvalue weighted by molar-refractivity contribution is 7.86. The molecule has 1 rings (SSSR count). The molecule has 1 unspecified atom stereocenters. The van der Waals surface area contributed by atoms with E-state index < -0.39 is 16.3 Å². The summed E-state index contributed by atoms with van der Waals surface area (Å²) in [5.41, 5.74) is 0. The Hall–Kier alpha value is -0.170. The summed E-state index contributed by atoms with van der Waals surface area (Å²) in [6.07, 6.45) is 1.50. The van der Waals surface area contributed by atoms with E-state index in [9.17, 15) is 13.5 Å². The number of nitrogens with zero attached hydrogens (tertiary/aromatic N) is 2. The molecule has 1 fully saturated rings. The van der Waals surface area contributed by atoms with Crippen LogP contribution in [0, 0.1) is 5.92 Å². The minimum absolute atomic E-state index is 0.186. The smallest absolute Gasteiger partial charge is 0.281 e. The quantitative estimate of drug-likeness (QED) is 0.682. The molecule has 84 valence electrons. The predicted octanol–water partition coefficient (Wildman–Crippen LogP) is -0.504. The van der Waals surface area contributed by atoms with Gasteiger partial charge in [0.1, 0.15) is 0 Å². The molecule has 14 heavy (non-hydrogen) atoms. The zero-order valence-electron chi connectivity index (χ0n) is 8.84. The Balaban J connectivity index is 2.52. The highest BCUT2D eigenvalue weighted by Crippen LogP contribution is 2.32. The van der Waals surface area contributed by atoms with Crippen LogP contribution < -0.4 is 0 Å². The molecular weight excluding hydrogens is 204 g/mol. The maximum Gasteiger partial charge on any atom is 0.281 e. The number of rotatable bonds is 5. The summed E-state index contributed by atoms with van der Waals surface area (Å²) >= 11 is 0. The van der Waals surface area contributed by atoms with E-state index in [1.54, 1.807) is 0 Å². The van der Waals surface area contributed by atoms with Crippen molar-refractivity contribution >= 4 is 10.2 Å². The predicted molar refractivity (Wildman–Crippen MR) is 54.0 cm³/mol. The number of hydrogen-bond acceptors (Lipinski definition) is 3. The van der Waals surface area contributed by atoms with E-state index >= 15 is 0 Å². The van der Waals surface area contributed by atoms with Gasteiger partial charge in [0.15, 0.2) is 0 Å². The topological polar surface area (TPSA) is 60.9 Å². The molecule has 1 atom stereocenters. The van der Waals surface area contributed by atoms with E-state index in [0.29, 0.717) is 5.92 Å². The Bertz CT molecular complexity index is 285. The van der Waals surface area contributed by atoms with Crippen LogP contribution in [-0.4, -0.2) is 55.9 Å². The minimum Gasteiger partial charge on any atom is -0.391 e. The lowest BCUT2D eigenvalue weighted by Crippen LogP contribution is -2.41. The zero-order valence-corrected chi connectivity index (χ0v) is 9.66. The van der Waals surface area contributed by atoms with Crippen LogP contribution in [0.1, 0.15) is 12.8 Å². The van der Waals surface area contributed by atoms with Gasteiger partial charge in [-0.3, -0.25) is 0 Å². The monoisotopic (exact) mass is 222 g/mol. The molecule has 0 heterocycles. The average molecular weight is 222 g/mol. The molecule has 0 radical (unpaired) electrons.